The summed E-state index contributed by atoms with van der Waals surface area (Å²) < 4.78 is 11.3. The van der Waals surface area contributed by atoms with Crippen molar-refractivity contribution >= 4 is 39.6 Å². The Hall–Kier alpha value is -2.87. The highest BCUT2D eigenvalue weighted by Gasteiger charge is 2.09. The van der Waals surface area contributed by atoms with Gasteiger partial charge in [-0.15, -0.1) is 0 Å². The minimum atomic E-state index is -0.365. The maximum Gasteiger partial charge on any atom is 0.240 e. The van der Waals surface area contributed by atoms with Gasteiger partial charge in [0.05, 0.1) is 26.1 Å². The first-order valence-corrected chi connectivity index (χ1v) is 8.91. The number of carbonyl (C=O) groups excluding carboxylic acids is 2. The van der Waals surface area contributed by atoms with Gasteiger partial charge >= 0.3 is 0 Å². The van der Waals surface area contributed by atoms with E-state index in [1.165, 1.54) is 13.3 Å². The van der Waals surface area contributed by atoms with Crippen LogP contribution < -0.4 is 20.2 Å². The van der Waals surface area contributed by atoms with Gasteiger partial charge in [-0.2, -0.15) is 5.10 Å². The van der Waals surface area contributed by atoms with Gasteiger partial charge in [0.2, 0.25) is 11.8 Å². The van der Waals surface area contributed by atoms with Gasteiger partial charge in [-0.1, -0.05) is 28.1 Å². The highest BCUT2D eigenvalue weighted by Crippen LogP contribution is 2.23. The van der Waals surface area contributed by atoms with E-state index in [1.807, 2.05) is 12.1 Å². The normalized spacial score (nSPS) is 10.5. The van der Waals surface area contributed by atoms with E-state index in [2.05, 4.69) is 31.8 Å². The molecule has 0 radical (unpaired) electrons. The minimum Gasteiger partial charge on any atom is -0.496 e. The topological polar surface area (TPSA) is 89.0 Å². The van der Waals surface area contributed by atoms with E-state index in [1.54, 1.807) is 37.4 Å². The van der Waals surface area contributed by atoms with E-state index in [-0.39, 0.29) is 24.7 Å². The van der Waals surface area contributed by atoms with E-state index in [0.717, 1.165) is 4.47 Å². The van der Waals surface area contributed by atoms with Crippen molar-refractivity contribution in [3.63, 3.8) is 0 Å². The Bertz CT molecular complexity index is 839. The molecule has 0 aliphatic rings. The Labute approximate surface area is 165 Å². The molecule has 0 spiro atoms. The van der Waals surface area contributed by atoms with Crippen LogP contribution in [0.4, 0.5) is 5.69 Å². The summed E-state index contributed by atoms with van der Waals surface area (Å²) in [7, 11) is 3.08. The Morgan fingerprint density at radius 1 is 1.04 bits per heavy atom. The van der Waals surface area contributed by atoms with Crippen LogP contribution >= 0.6 is 15.9 Å². The Morgan fingerprint density at radius 2 is 1.74 bits per heavy atom. The number of hydrazone groups is 1. The van der Waals surface area contributed by atoms with Crippen LogP contribution in [0.15, 0.2) is 52.0 Å². The zero-order chi connectivity index (χ0) is 19.6. The van der Waals surface area contributed by atoms with Crippen molar-refractivity contribution in [2.45, 2.75) is 12.8 Å². The summed E-state index contributed by atoms with van der Waals surface area (Å²) >= 11 is 3.37. The van der Waals surface area contributed by atoms with Crippen molar-refractivity contribution < 1.29 is 19.1 Å². The molecule has 0 atom stereocenters. The number of nitrogens with zero attached hydrogens (tertiary/aromatic N) is 1. The summed E-state index contributed by atoms with van der Waals surface area (Å²) in [6.07, 6.45) is 1.52. The monoisotopic (exact) mass is 433 g/mol. The molecule has 2 aromatic rings. The number of carbonyl (C=O) groups is 2. The zero-order valence-corrected chi connectivity index (χ0v) is 16.6. The minimum absolute atomic E-state index is 0.00788. The summed E-state index contributed by atoms with van der Waals surface area (Å²) in [5.41, 5.74) is 3.67. The number of halogens is 1. The molecule has 2 aromatic carbocycles. The highest BCUT2D eigenvalue weighted by molar-refractivity contribution is 9.10. The maximum atomic E-state index is 12.0. The van der Waals surface area contributed by atoms with Crippen molar-refractivity contribution in [3.8, 4) is 11.5 Å². The van der Waals surface area contributed by atoms with Crippen LogP contribution in [-0.4, -0.2) is 32.2 Å². The Morgan fingerprint density at radius 3 is 2.48 bits per heavy atom. The fourth-order valence-corrected chi connectivity index (χ4v) is 2.60. The molecule has 0 saturated carbocycles. The maximum absolute atomic E-state index is 12.0. The third-order valence-electron chi connectivity index (χ3n) is 3.54. The molecule has 0 unspecified atom stereocenters. The van der Waals surface area contributed by atoms with Gasteiger partial charge in [-0.3, -0.25) is 9.59 Å². The van der Waals surface area contributed by atoms with Crippen LogP contribution in [0.5, 0.6) is 11.5 Å². The van der Waals surface area contributed by atoms with Gasteiger partial charge in [0.15, 0.2) is 0 Å². The SMILES string of the molecule is COc1ccc(Br)cc1C=NNC(=O)CCC(=O)Nc1ccccc1OC. The molecule has 142 valence electrons. The van der Waals surface area contributed by atoms with Crippen LogP contribution in [0.1, 0.15) is 18.4 Å². The first kappa shape index (κ1) is 20.4. The molecule has 0 aromatic heterocycles. The van der Waals surface area contributed by atoms with Crippen molar-refractivity contribution in [2.24, 2.45) is 5.10 Å². The second-order valence-electron chi connectivity index (χ2n) is 5.43. The molecule has 0 bridgehead atoms. The molecular weight excluding hydrogens is 414 g/mol. The number of para-hydroxylation sites is 2. The molecular formula is C19H20BrN3O4. The van der Waals surface area contributed by atoms with Gasteiger partial charge < -0.3 is 14.8 Å². The number of hydrogen-bond donors (Lipinski definition) is 2. The van der Waals surface area contributed by atoms with Crippen molar-refractivity contribution in [1.29, 1.82) is 0 Å². The largest absolute Gasteiger partial charge is 0.496 e. The molecule has 0 saturated heterocycles. The predicted octanol–water partition coefficient (Wildman–Crippen LogP) is 3.34. The van der Waals surface area contributed by atoms with Crippen molar-refractivity contribution in [3.05, 3.63) is 52.5 Å². The van der Waals surface area contributed by atoms with Crippen LogP contribution in [0.2, 0.25) is 0 Å². The second kappa shape index (κ2) is 10.3. The number of anilines is 1. The first-order valence-electron chi connectivity index (χ1n) is 8.11. The van der Waals surface area contributed by atoms with E-state index in [4.69, 9.17) is 9.47 Å². The van der Waals surface area contributed by atoms with Crippen molar-refractivity contribution in [2.75, 3.05) is 19.5 Å². The molecule has 7 nitrogen and oxygen atoms in total. The summed E-state index contributed by atoms with van der Waals surface area (Å²) in [6.45, 7) is 0. The lowest BCUT2D eigenvalue weighted by Crippen LogP contribution is -2.20. The number of hydrogen-bond acceptors (Lipinski definition) is 5. The number of rotatable bonds is 8. The van der Waals surface area contributed by atoms with Crippen LogP contribution in [0, 0.1) is 0 Å². The third kappa shape index (κ3) is 6.41. The fourth-order valence-electron chi connectivity index (χ4n) is 2.22. The van der Waals surface area contributed by atoms with Gasteiger partial charge in [0.1, 0.15) is 11.5 Å². The molecule has 2 rings (SSSR count). The second-order valence-corrected chi connectivity index (χ2v) is 6.34. The predicted molar refractivity (Wildman–Crippen MR) is 107 cm³/mol. The van der Waals surface area contributed by atoms with Crippen molar-refractivity contribution in [1.82, 2.24) is 5.43 Å². The van der Waals surface area contributed by atoms with Gasteiger partial charge in [0, 0.05) is 22.9 Å². The van der Waals surface area contributed by atoms with E-state index < -0.39 is 0 Å². The molecule has 0 fully saturated rings. The lowest BCUT2D eigenvalue weighted by Gasteiger charge is -2.09. The van der Waals surface area contributed by atoms with Crippen LogP contribution in [0.25, 0.3) is 0 Å². The number of nitrogens with one attached hydrogen (secondary N) is 2. The van der Waals surface area contributed by atoms with Gasteiger partial charge in [-0.25, -0.2) is 5.43 Å². The summed E-state index contributed by atoms with van der Waals surface area (Å²) in [5, 5.41) is 6.62. The molecule has 8 heteroatoms. The zero-order valence-electron chi connectivity index (χ0n) is 15.0. The van der Waals surface area contributed by atoms with Gasteiger partial charge in [-0.05, 0) is 30.3 Å². The fraction of sp³-hybridized carbons (Fsp3) is 0.211. The number of ether oxygens (including phenoxy) is 2. The molecule has 27 heavy (non-hydrogen) atoms. The molecule has 0 aliphatic heterocycles. The molecule has 0 aliphatic carbocycles. The van der Waals surface area contributed by atoms with E-state index >= 15 is 0 Å². The summed E-state index contributed by atoms with van der Waals surface area (Å²) in [4.78, 5) is 23.9. The smallest absolute Gasteiger partial charge is 0.240 e. The summed E-state index contributed by atoms with van der Waals surface area (Å²) in [5.74, 6) is 0.540. The van der Waals surface area contributed by atoms with Crippen LogP contribution in [-0.2, 0) is 9.59 Å². The Balaban J connectivity index is 1.82. The van der Waals surface area contributed by atoms with Crippen LogP contribution in [0.3, 0.4) is 0 Å². The average molecular weight is 434 g/mol. The molecule has 2 N–H and O–H groups in total. The van der Waals surface area contributed by atoms with Gasteiger partial charge in [0.25, 0.3) is 0 Å². The lowest BCUT2D eigenvalue weighted by molar-refractivity contribution is -0.124. The lowest BCUT2D eigenvalue weighted by atomic mass is 10.2. The first-order chi connectivity index (χ1) is 13.0. The number of methoxy groups -OCH3 is 2. The number of benzene rings is 2. The average Bonchev–Trinajstić information content (AvgIpc) is 2.67. The number of amides is 2. The van der Waals surface area contributed by atoms with E-state index in [9.17, 15) is 9.59 Å². The quantitative estimate of drug-likeness (QED) is 0.493. The Kier molecular flexibility index (Phi) is 7.81. The molecule has 0 heterocycles. The molecule has 2 amide bonds. The summed E-state index contributed by atoms with van der Waals surface area (Å²) in [6, 6.07) is 12.5. The highest BCUT2D eigenvalue weighted by atomic mass is 79.9. The van der Waals surface area contributed by atoms with E-state index in [0.29, 0.717) is 22.7 Å². The third-order valence-corrected chi connectivity index (χ3v) is 4.04. The standard InChI is InChI=1S/C19H20BrN3O4/c1-26-16-8-7-14(20)11-13(16)12-21-23-19(25)10-9-18(24)22-15-5-3-4-6-17(15)27-2/h3-8,11-12H,9-10H2,1-2H3,(H,22,24)(H,23,25).